The van der Waals surface area contributed by atoms with E-state index in [1.54, 1.807) is 0 Å². The van der Waals surface area contributed by atoms with Gasteiger partial charge >= 0.3 is 5.97 Å². The normalized spacial score (nSPS) is 20.6. The Labute approximate surface area is 118 Å². The minimum absolute atomic E-state index is 0.127. The molecule has 0 aliphatic carbocycles. The maximum atomic E-state index is 13.2. The van der Waals surface area contributed by atoms with Gasteiger partial charge in [-0.05, 0) is 47.0 Å². The van der Waals surface area contributed by atoms with Gasteiger partial charge < -0.3 is 5.11 Å². The number of aliphatic carboxylic acids is 1. The second kappa shape index (κ2) is 5.18. The lowest BCUT2D eigenvalue weighted by Crippen LogP contribution is -2.40. The Balaban J connectivity index is 2.48. The minimum Gasteiger partial charge on any atom is -0.480 e. The predicted octanol–water partition coefficient (Wildman–Crippen LogP) is 1.83. The SMILES string of the molecule is O=C(O)[C@H]1CCCN1S(=O)(=O)c1cc(F)ccc1Br. The van der Waals surface area contributed by atoms with Gasteiger partial charge in [-0.3, -0.25) is 4.79 Å². The van der Waals surface area contributed by atoms with E-state index in [9.17, 15) is 17.6 Å². The van der Waals surface area contributed by atoms with Gasteiger partial charge in [0.2, 0.25) is 10.0 Å². The fourth-order valence-corrected chi connectivity index (χ4v) is 4.66. The number of rotatable bonds is 3. The zero-order valence-electron chi connectivity index (χ0n) is 9.71. The fraction of sp³-hybridized carbons (Fsp3) is 0.364. The highest BCUT2D eigenvalue weighted by molar-refractivity contribution is 9.10. The van der Waals surface area contributed by atoms with E-state index in [0.29, 0.717) is 6.42 Å². The molecule has 8 heteroatoms. The first-order valence-electron chi connectivity index (χ1n) is 5.54. The van der Waals surface area contributed by atoms with Gasteiger partial charge in [0, 0.05) is 11.0 Å². The molecule has 0 bridgehead atoms. The summed E-state index contributed by atoms with van der Waals surface area (Å²) in [4.78, 5) is 10.8. The molecule has 0 radical (unpaired) electrons. The van der Waals surface area contributed by atoms with Crippen molar-refractivity contribution in [1.82, 2.24) is 4.31 Å². The number of hydrogen-bond acceptors (Lipinski definition) is 3. The molecule has 1 fully saturated rings. The minimum atomic E-state index is -4.02. The van der Waals surface area contributed by atoms with Crippen molar-refractivity contribution in [1.29, 1.82) is 0 Å². The summed E-state index contributed by atoms with van der Waals surface area (Å²) < 4.78 is 39.1. The lowest BCUT2D eigenvalue weighted by Gasteiger charge is -2.21. The predicted molar refractivity (Wildman–Crippen MR) is 68.6 cm³/mol. The molecule has 0 spiro atoms. The molecular formula is C11H11BrFNO4S. The molecule has 2 rings (SSSR count). The topological polar surface area (TPSA) is 74.7 Å². The number of nitrogens with zero attached hydrogens (tertiary/aromatic N) is 1. The van der Waals surface area contributed by atoms with Crippen molar-refractivity contribution in [3.8, 4) is 0 Å². The Morgan fingerprint density at radius 1 is 1.47 bits per heavy atom. The third-order valence-electron chi connectivity index (χ3n) is 2.97. The number of benzene rings is 1. The molecule has 1 saturated heterocycles. The number of carbonyl (C=O) groups is 1. The van der Waals surface area contributed by atoms with Gasteiger partial charge in [0.25, 0.3) is 0 Å². The molecule has 0 aromatic heterocycles. The van der Waals surface area contributed by atoms with Gasteiger partial charge in [0.15, 0.2) is 0 Å². The van der Waals surface area contributed by atoms with Crippen LogP contribution in [-0.2, 0) is 14.8 Å². The van der Waals surface area contributed by atoms with Gasteiger partial charge in [-0.1, -0.05) is 0 Å². The van der Waals surface area contributed by atoms with Gasteiger partial charge in [-0.2, -0.15) is 4.31 Å². The van der Waals surface area contributed by atoms with E-state index in [-0.39, 0.29) is 22.3 Å². The standard InChI is InChI=1S/C11H11BrFNO4S/c12-8-4-3-7(13)6-10(8)19(17,18)14-5-1-2-9(14)11(15)16/h3-4,6,9H,1-2,5H2,(H,15,16)/t9-/m1/s1. The van der Waals surface area contributed by atoms with E-state index in [2.05, 4.69) is 15.9 Å². The van der Waals surface area contributed by atoms with Crippen molar-refractivity contribution < 1.29 is 22.7 Å². The van der Waals surface area contributed by atoms with Crippen LogP contribution in [0.3, 0.4) is 0 Å². The third-order valence-corrected chi connectivity index (χ3v) is 5.87. The number of carboxylic acid groups (broad SMARTS) is 1. The Morgan fingerprint density at radius 3 is 2.79 bits per heavy atom. The van der Waals surface area contributed by atoms with Gasteiger partial charge in [0.05, 0.1) is 4.90 Å². The monoisotopic (exact) mass is 351 g/mol. The lowest BCUT2D eigenvalue weighted by atomic mass is 10.2. The first-order valence-corrected chi connectivity index (χ1v) is 7.77. The molecule has 1 heterocycles. The average Bonchev–Trinajstić information content (AvgIpc) is 2.82. The highest BCUT2D eigenvalue weighted by Crippen LogP contribution is 2.30. The molecule has 5 nitrogen and oxygen atoms in total. The molecule has 104 valence electrons. The van der Waals surface area contributed by atoms with Crippen LogP contribution in [-0.4, -0.2) is 36.4 Å². The number of hydrogen-bond donors (Lipinski definition) is 1. The second-order valence-corrected chi connectivity index (χ2v) is 6.90. The van der Waals surface area contributed by atoms with Crippen LogP contribution in [0.4, 0.5) is 4.39 Å². The molecule has 1 aliphatic heterocycles. The maximum absolute atomic E-state index is 13.2. The molecule has 1 atom stereocenters. The first-order chi connectivity index (χ1) is 8.84. The second-order valence-electron chi connectivity index (χ2n) is 4.19. The van der Waals surface area contributed by atoms with Crippen LogP contribution >= 0.6 is 15.9 Å². The summed E-state index contributed by atoms with van der Waals surface area (Å²) in [7, 11) is -4.02. The van der Waals surface area contributed by atoms with Crippen LogP contribution in [0.2, 0.25) is 0 Å². The number of halogens is 2. The quantitative estimate of drug-likeness (QED) is 0.901. The highest BCUT2D eigenvalue weighted by Gasteiger charge is 2.40. The van der Waals surface area contributed by atoms with Crippen LogP contribution in [0.15, 0.2) is 27.6 Å². The summed E-state index contributed by atoms with van der Waals surface area (Å²) in [6.07, 6.45) is 0.741. The Kier molecular flexibility index (Phi) is 3.93. The molecule has 1 N–H and O–H groups in total. The summed E-state index contributed by atoms with van der Waals surface area (Å²) in [5.74, 6) is -1.87. The molecule has 0 saturated carbocycles. The highest BCUT2D eigenvalue weighted by atomic mass is 79.9. The van der Waals surface area contributed by atoms with E-state index in [0.717, 1.165) is 16.4 Å². The van der Waals surface area contributed by atoms with Crippen molar-refractivity contribution in [3.63, 3.8) is 0 Å². The Hall–Kier alpha value is -0.990. The summed E-state index contributed by atoms with van der Waals surface area (Å²) in [5.41, 5.74) is 0. The van der Waals surface area contributed by atoms with Crippen LogP contribution in [0, 0.1) is 5.82 Å². The maximum Gasteiger partial charge on any atom is 0.322 e. The molecule has 0 amide bonds. The number of sulfonamides is 1. The Bertz CT molecular complexity index is 619. The van der Waals surface area contributed by atoms with E-state index in [1.165, 1.54) is 6.07 Å². The molecular weight excluding hydrogens is 341 g/mol. The van der Waals surface area contributed by atoms with Gasteiger partial charge in [0.1, 0.15) is 11.9 Å². The summed E-state index contributed by atoms with van der Waals surface area (Å²) in [5, 5.41) is 9.03. The van der Waals surface area contributed by atoms with Crippen LogP contribution in [0.25, 0.3) is 0 Å². The van der Waals surface area contributed by atoms with Crippen molar-refractivity contribution in [2.75, 3.05) is 6.54 Å². The van der Waals surface area contributed by atoms with Crippen molar-refractivity contribution in [2.24, 2.45) is 0 Å². The van der Waals surface area contributed by atoms with Crippen molar-refractivity contribution in [3.05, 3.63) is 28.5 Å². The largest absolute Gasteiger partial charge is 0.480 e. The lowest BCUT2D eigenvalue weighted by molar-refractivity contribution is -0.140. The smallest absolute Gasteiger partial charge is 0.322 e. The first kappa shape index (κ1) is 14.4. The molecule has 1 aliphatic rings. The average molecular weight is 352 g/mol. The molecule has 1 aromatic carbocycles. The zero-order chi connectivity index (χ0) is 14.2. The van der Waals surface area contributed by atoms with Crippen molar-refractivity contribution >= 4 is 31.9 Å². The van der Waals surface area contributed by atoms with Gasteiger partial charge in [-0.15, -0.1) is 0 Å². The van der Waals surface area contributed by atoms with Crippen LogP contribution < -0.4 is 0 Å². The molecule has 1 aromatic rings. The van der Waals surface area contributed by atoms with E-state index < -0.39 is 27.9 Å². The van der Waals surface area contributed by atoms with Crippen molar-refractivity contribution in [2.45, 2.75) is 23.8 Å². The number of carboxylic acids is 1. The van der Waals surface area contributed by atoms with E-state index >= 15 is 0 Å². The molecule has 19 heavy (non-hydrogen) atoms. The van der Waals surface area contributed by atoms with Crippen LogP contribution in [0.5, 0.6) is 0 Å². The zero-order valence-corrected chi connectivity index (χ0v) is 12.1. The summed E-state index contributed by atoms with van der Waals surface area (Å²) in [6.45, 7) is 0.127. The summed E-state index contributed by atoms with van der Waals surface area (Å²) in [6, 6.07) is 2.21. The molecule has 0 unspecified atom stereocenters. The fourth-order valence-electron chi connectivity index (χ4n) is 2.08. The van der Waals surface area contributed by atoms with E-state index in [1.807, 2.05) is 0 Å². The summed E-state index contributed by atoms with van der Waals surface area (Å²) >= 11 is 3.05. The van der Waals surface area contributed by atoms with Crippen LogP contribution in [0.1, 0.15) is 12.8 Å². The third kappa shape index (κ3) is 2.65. The van der Waals surface area contributed by atoms with Gasteiger partial charge in [-0.25, -0.2) is 12.8 Å². The van der Waals surface area contributed by atoms with E-state index in [4.69, 9.17) is 5.11 Å². The Morgan fingerprint density at radius 2 is 2.16 bits per heavy atom.